The number of rotatable bonds is 9. The number of nitrogens with zero attached hydrogens (tertiary/aromatic N) is 1. The Kier molecular flexibility index (Phi) is 8.44. The fraction of sp³-hybridized carbons (Fsp3) is 0.419. The summed E-state index contributed by atoms with van der Waals surface area (Å²) in [5.74, 6) is -0.867. The van der Waals surface area contributed by atoms with E-state index in [-0.39, 0.29) is 36.2 Å². The number of phenols is 1. The zero-order chi connectivity index (χ0) is 27.7. The van der Waals surface area contributed by atoms with Crippen molar-refractivity contribution in [1.29, 1.82) is 0 Å². The average molecular weight is 644 g/mol. The average Bonchev–Trinajstić information content (AvgIpc) is 3.47. The summed E-state index contributed by atoms with van der Waals surface area (Å²) >= 11 is 2.10. The van der Waals surface area contributed by atoms with Gasteiger partial charge in [0.1, 0.15) is 0 Å². The Morgan fingerprint density at radius 1 is 1.15 bits per heavy atom. The molecule has 7 nitrogen and oxygen atoms in total. The van der Waals surface area contributed by atoms with Crippen LogP contribution in [0.3, 0.4) is 0 Å². The summed E-state index contributed by atoms with van der Waals surface area (Å²) in [6, 6.07) is 12.9. The number of imide groups is 1. The van der Waals surface area contributed by atoms with Gasteiger partial charge in [-0.1, -0.05) is 43.2 Å². The molecule has 3 aliphatic rings. The highest BCUT2D eigenvalue weighted by Crippen LogP contribution is 2.50. The zero-order valence-corrected chi connectivity index (χ0v) is 24.4. The molecule has 0 unspecified atom stereocenters. The molecule has 1 aliphatic carbocycles. The summed E-state index contributed by atoms with van der Waals surface area (Å²) in [5, 5.41) is 20.5. The van der Waals surface area contributed by atoms with Crippen LogP contribution in [0, 0.1) is 21.3 Å². The van der Waals surface area contributed by atoms with Crippen LogP contribution in [-0.4, -0.2) is 48.5 Å². The Balaban J connectivity index is 1.37. The second-order valence-electron chi connectivity index (χ2n) is 10.5. The summed E-state index contributed by atoms with van der Waals surface area (Å²) in [6.07, 6.45) is 5.79. The molecule has 8 heteroatoms. The van der Waals surface area contributed by atoms with Gasteiger partial charge >= 0.3 is 0 Å². The second-order valence-corrected chi connectivity index (χ2v) is 11.6. The summed E-state index contributed by atoms with van der Waals surface area (Å²) in [5.41, 5.74) is 4.69. The van der Waals surface area contributed by atoms with Crippen LogP contribution in [0.1, 0.15) is 44.6 Å². The third-order valence-electron chi connectivity index (χ3n) is 8.15. The first-order valence-electron chi connectivity index (χ1n) is 13.5. The molecule has 206 valence electrons. The second kappa shape index (κ2) is 11.8. The minimum absolute atomic E-state index is 0.134. The number of carbonyl (C=O) groups excluding carboxylic acids is 2. The van der Waals surface area contributed by atoms with Crippen LogP contribution in [-0.2, 0) is 14.3 Å². The van der Waals surface area contributed by atoms with E-state index in [4.69, 9.17) is 9.47 Å². The highest BCUT2D eigenvalue weighted by molar-refractivity contribution is 14.1. The van der Waals surface area contributed by atoms with Gasteiger partial charge in [-0.2, -0.15) is 0 Å². The van der Waals surface area contributed by atoms with Gasteiger partial charge in [0.15, 0.2) is 11.5 Å². The summed E-state index contributed by atoms with van der Waals surface area (Å²) in [7, 11) is 1.54. The number of para-hydroxylation sites is 1. The van der Waals surface area contributed by atoms with Gasteiger partial charge in [0.2, 0.25) is 11.8 Å². The van der Waals surface area contributed by atoms with E-state index in [0.29, 0.717) is 24.5 Å². The first-order chi connectivity index (χ1) is 18.9. The van der Waals surface area contributed by atoms with Crippen molar-refractivity contribution >= 4 is 46.2 Å². The van der Waals surface area contributed by atoms with Crippen molar-refractivity contribution in [2.75, 3.05) is 25.2 Å². The SMILES string of the molecule is CCC/C(=C\c1cc(I)c(O)c(OC)c1)CC[C@H]1OC[C@H]2C1=C(CO)C[C@H]1C(=O)N(c3ccccc3)C(=O)[C@H]12. The normalized spacial score (nSPS) is 24.8. The number of fused-ring (bicyclic) bond motifs is 3. The first-order valence-corrected chi connectivity index (χ1v) is 14.6. The minimum atomic E-state index is -0.460. The number of hydrogen-bond acceptors (Lipinski definition) is 6. The molecule has 2 aromatic rings. The molecule has 0 spiro atoms. The van der Waals surface area contributed by atoms with Crippen LogP contribution in [0.25, 0.3) is 6.08 Å². The Bertz CT molecular complexity index is 1320. The lowest BCUT2D eigenvalue weighted by Gasteiger charge is -2.31. The van der Waals surface area contributed by atoms with Crippen LogP contribution in [0.2, 0.25) is 0 Å². The van der Waals surface area contributed by atoms with Gasteiger partial charge in [-0.05, 0) is 89.2 Å². The van der Waals surface area contributed by atoms with Gasteiger partial charge in [0.25, 0.3) is 0 Å². The predicted octanol–water partition coefficient (Wildman–Crippen LogP) is 5.48. The third-order valence-corrected chi connectivity index (χ3v) is 8.98. The Hall–Kier alpha value is -2.69. The molecule has 4 atom stereocenters. The Morgan fingerprint density at radius 3 is 2.62 bits per heavy atom. The van der Waals surface area contributed by atoms with E-state index in [9.17, 15) is 19.8 Å². The minimum Gasteiger partial charge on any atom is -0.504 e. The maximum absolute atomic E-state index is 13.6. The lowest BCUT2D eigenvalue weighted by molar-refractivity contribution is -0.122. The predicted molar refractivity (Wildman–Crippen MR) is 157 cm³/mol. The van der Waals surface area contributed by atoms with E-state index in [1.807, 2.05) is 30.3 Å². The molecule has 0 bridgehead atoms. The molecule has 2 fully saturated rings. The molecule has 0 aromatic heterocycles. The molecule has 2 saturated heterocycles. The zero-order valence-electron chi connectivity index (χ0n) is 22.2. The van der Waals surface area contributed by atoms with Crippen LogP contribution >= 0.6 is 22.6 Å². The van der Waals surface area contributed by atoms with Crippen molar-refractivity contribution in [1.82, 2.24) is 0 Å². The van der Waals surface area contributed by atoms with Crippen molar-refractivity contribution in [3.63, 3.8) is 0 Å². The fourth-order valence-corrected chi connectivity index (χ4v) is 7.05. The van der Waals surface area contributed by atoms with Gasteiger partial charge in [-0.15, -0.1) is 0 Å². The van der Waals surface area contributed by atoms with Gasteiger partial charge in [0, 0.05) is 5.92 Å². The number of ether oxygens (including phenoxy) is 2. The van der Waals surface area contributed by atoms with Crippen LogP contribution in [0.15, 0.2) is 59.2 Å². The lowest BCUT2D eigenvalue weighted by atomic mass is 9.69. The molecule has 2 aromatic carbocycles. The highest BCUT2D eigenvalue weighted by atomic mass is 127. The molecule has 0 radical (unpaired) electrons. The number of anilines is 1. The summed E-state index contributed by atoms with van der Waals surface area (Å²) in [4.78, 5) is 28.3. The van der Waals surface area contributed by atoms with Crippen molar-refractivity contribution < 1.29 is 29.3 Å². The fourth-order valence-electron chi connectivity index (χ4n) is 6.43. The molecule has 2 heterocycles. The topological polar surface area (TPSA) is 96.3 Å². The number of methoxy groups -OCH3 is 1. The Morgan fingerprint density at radius 2 is 1.92 bits per heavy atom. The molecule has 5 rings (SSSR count). The Labute approximate surface area is 242 Å². The maximum Gasteiger partial charge on any atom is 0.238 e. The summed E-state index contributed by atoms with van der Waals surface area (Å²) in [6.45, 7) is 2.39. The number of benzene rings is 2. The van der Waals surface area contributed by atoms with Gasteiger partial charge in [-0.3, -0.25) is 14.5 Å². The van der Waals surface area contributed by atoms with Crippen LogP contribution in [0.4, 0.5) is 5.69 Å². The smallest absolute Gasteiger partial charge is 0.238 e. The van der Waals surface area contributed by atoms with Crippen molar-refractivity contribution in [2.24, 2.45) is 17.8 Å². The number of aromatic hydroxyl groups is 1. The number of phenolic OH excluding ortho intramolecular Hbond substituents is 1. The first kappa shape index (κ1) is 27.9. The van der Waals surface area contributed by atoms with E-state index in [1.54, 1.807) is 19.2 Å². The third kappa shape index (κ3) is 5.26. The molecular formula is C31H34INO6. The van der Waals surface area contributed by atoms with Crippen molar-refractivity contribution in [3.05, 3.63) is 68.3 Å². The monoisotopic (exact) mass is 643 g/mol. The number of aliphatic hydroxyl groups is 1. The number of aliphatic hydroxyl groups excluding tert-OH is 1. The highest BCUT2D eigenvalue weighted by Gasteiger charge is 2.57. The largest absolute Gasteiger partial charge is 0.504 e. The molecule has 2 aliphatic heterocycles. The summed E-state index contributed by atoms with van der Waals surface area (Å²) < 4.78 is 12.3. The van der Waals surface area contributed by atoms with E-state index < -0.39 is 11.8 Å². The lowest BCUT2D eigenvalue weighted by Crippen LogP contribution is -2.35. The van der Waals surface area contributed by atoms with E-state index in [0.717, 1.165) is 46.0 Å². The number of hydrogen-bond donors (Lipinski definition) is 2. The van der Waals surface area contributed by atoms with E-state index in [2.05, 4.69) is 35.6 Å². The van der Waals surface area contributed by atoms with Crippen molar-refractivity contribution in [3.8, 4) is 11.5 Å². The quantitative estimate of drug-likeness (QED) is 0.214. The number of halogens is 1. The van der Waals surface area contributed by atoms with Gasteiger partial charge in [0.05, 0.1) is 47.5 Å². The van der Waals surface area contributed by atoms with E-state index in [1.165, 1.54) is 10.5 Å². The van der Waals surface area contributed by atoms with Gasteiger partial charge < -0.3 is 19.7 Å². The molecule has 39 heavy (non-hydrogen) atoms. The number of carbonyl (C=O) groups is 2. The molecule has 2 N–H and O–H groups in total. The van der Waals surface area contributed by atoms with Crippen LogP contribution in [0.5, 0.6) is 11.5 Å². The molecule has 2 amide bonds. The number of allylic oxidation sites excluding steroid dienone is 1. The maximum atomic E-state index is 13.6. The standard InChI is InChI=1S/C31H34INO6/c1-3-7-18(12-19-13-24(32)29(35)26(14-19)38-2)10-11-25-27-20(16-34)15-22-28(23(27)17-39-25)31(37)33(30(22)36)21-8-5-4-6-9-21/h4-6,8-9,12-14,22-23,25,28,34-35H,3,7,10-11,15-17H2,1-2H3/b18-12+/t22-,23+,25-,28-/m1/s1. The molecular weight excluding hydrogens is 609 g/mol. The number of amides is 2. The van der Waals surface area contributed by atoms with E-state index >= 15 is 0 Å². The molecule has 0 saturated carbocycles. The van der Waals surface area contributed by atoms with Gasteiger partial charge in [-0.25, -0.2) is 0 Å². The van der Waals surface area contributed by atoms with Crippen molar-refractivity contribution in [2.45, 2.75) is 45.1 Å². The van der Waals surface area contributed by atoms with Crippen LogP contribution < -0.4 is 9.64 Å².